The van der Waals surface area contributed by atoms with Gasteiger partial charge in [-0.15, -0.1) is 0 Å². The van der Waals surface area contributed by atoms with Crippen LogP contribution in [0.2, 0.25) is 0 Å². The second kappa shape index (κ2) is 4.68. The summed E-state index contributed by atoms with van der Waals surface area (Å²) in [6.45, 7) is 2.05. The molecular weight excluding hydrogens is 232 g/mol. The quantitative estimate of drug-likeness (QED) is 0.876. The normalized spacial score (nSPS) is 16.4. The standard InChI is InChI=1S/C13H16N2O3/c1-9(7-13(17)18)15-8-12(16)14(2)10-5-3-4-6-11(10)15/h3-6,9H,7-8H2,1-2H3,(H,17,18). The van der Waals surface area contributed by atoms with Crippen molar-refractivity contribution in [2.45, 2.75) is 19.4 Å². The van der Waals surface area contributed by atoms with Crippen LogP contribution in [0.1, 0.15) is 13.3 Å². The van der Waals surface area contributed by atoms with Gasteiger partial charge in [0.25, 0.3) is 0 Å². The minimum Gasteiger partial charge on any atom is -0.481 e. The van der Waals surface area contributed by atoms with Crippen LogP contribution in [0.4, 0.5) is 11.4 Å². The highest BCUT2D eigenvalue weighted by atomic mass is 16.4. The van der Waals surface area contributed by atoms with Crippen molar-refractivity contribution in [2.24, 2.45) is 0 Å². The van der Waals surface area contributed by atoms with E-state index in [1.54, 1.807) is 11.9 Å². The predicted octanol–water partition coefficient (Wildman–Crippen LogP) is 1.33. The number of fused-ring (bicyclic) bond motifs is 1. The van der Waals surface area contributed by atoms with E-state index in [-0.39, 0.29) is 24.9 Å². The molecule has 96 valence electrons. The van der Waals surface area contributed by atoms with E-state index in [0.717, 1.165) is 11.4 Å². The summed E-state index contributed by atoms with van der Waals surface area (Å²) in [6.07, 6.45) is 0.0192. The number of rotatable bonds is 3. The fourth-order valence-corrected chi connectivity index (χ4v) is 2.22. The number of amides is 1. The number of aliphatic carboxylic acids is 1. The van der Waals surface area contributed by atoms with Gasteiger partial charge in [0, 0.05) is 13.1 Å². The Bertz CT molecular complexity index is 487. The van der Waals surface area contributed by atoms with Gasteiger partial charge in [-0.25, -0.2) is 0 Å². The summed E-state index contributed by atoms with van der Waals surface area (Å²) in [4.78, 5) is 26.1. The van der Waals surface area contributed by atoms with E-state index >= 15 is 0 Å². The summed E-state index contributed by atoms with van der Waals surface area (Å²) in [5.74, 6) is -0.878. The smallest absolute Gasteiger partial charge is 0.305 e. The molecule has 1 N–H and O–H groups in total. The van der Waals surface area contributed by atoms with Crippen molar-refractivity contribution in [3.8, 4) is 0 Å². The molecule has 0 spiro atoms. The van der Waals surface area contributed by atoms with E-state index < -0.39 is 5.97 Å². The largest absolute Gasteiger partial charge is 0.481 e. The summed E-state index contributed by atoms with van der Waals surface area (Å²) < 4.78 is 0. The molecule has 1 heterocycles. The summed E-state index contributed by atoms with van der Waals surface area (Å²) in [5.41, 5.74) is 1.74. The molecule has 0 saturated heterocycles. The van der Waals surface area contributed by atoms with Gasteiger partial charge in [-0.3, -0.25) is 9.59 Å². The number of nitrogens with zero attached hydrogens (tertiary/aromatic N) is 2. The Hall–Kier alpha value is -2.04. The van der Waals surface area contributed by atoms with E-state index in [9.17, 15) is 9.59 Å². The van der Waals surface area contributed by atoms with Crippen LogP contribution in [0.3, 0.4) is 0 Å². The molecule has 1 atom stereocenters. The Balaban J connectivity index is 2.35. The second-order valence-corrected chi connectivity index (χ2v) is 4.52. The van der Waals surface area contributed by atoms with Crippen molar-refractivity contribution in [3.63, 3.8) is 0 Å². The number of anilines is 2. The molecule has 1 aromatic rings. The van der Waals surface area contributed by atoms with Crippen molar-refractivity contribution in [2.75, 3.05) is 23.4 Å². The highest BCUT2D eigenvalue weighted by Gasteiger charge is 2.29. The summed E-state index contributed by atoms with van der Waals surface area (Å²) in [6, 6.07) is 7.33. The summed E-state index contributed by atoms with van der Waals surface area (Å²) in [7, 11) is 1.74. The van der Waals surface area contributed by atoms with E-state index in [1.165, 1.54) is 0 Å². The van der Waals surface area contributed by atoms with Gasteiger partial charge in [0.15, 0.2) is 0 Å². The molecule has 1 aromatic carbocycles. The lowest BCUT2D eigenvalue weighted by molar-refractivity contribution is -0.137. The van der Waals surface area contributed by atoms with Crippen LogP contribution < -0.4 is 9.80 Å². The maximum absolute atomic E-state index is 11.9. The van der Waals surface area contributed by atoms with Gasteiger partial charge in [0.05, 0.1) is 24.3 Å². The first-order valence-corrected chi connectivity index (χ1v) is 5.84. The fraction of sp³-hybridized carbons (Fsp3) is 0.385. The molecule has 5 heteroatoms. The summed E-state index contributed by atoms with van der Waals surface area (Å²) in [5, 5.41) is 8.86. The summed E-state index contributed by atoms with van der Waals surface area (Å²) >= 11 is 0. The van der Waals surface area contributed by atoms with Crippen LogP contribution in [0.15, 0.2) is 24.3 Å². The number of hydrogen-bond acceptors (Lipinski definition) is 3. The number of carboxylic acids is 1. The zero-order valence-corrected chi connectivity index (χ0v) is 10.5. The van der Waals surface area contributed by atoms with E-state index in [1.807, 2.05) is 36.1 Å². The maximum atomic E-state index is 11.9. The van der Waals surface area contributed by atoms with Gasteiger partial charge in [-0.1, -0.05) is 12.1 Å². The monoisotopic (exact) mass is 248 g/mol. The third-order valence-electron chi connectivity index (χ3n) is 3.23. The van der Waals surface area contributed by atoms with Gasteiger partial charge >= 0.3 is 5.97 Å². The molecule has 0 aliphatic carbocycles. The Morgan fingerprint density at radius 1 is 1.39 bits per heavy atom. The third-order valence-corrected chi connectivity index (χ3v) is 3.23. The molecular formula is C13H16N2O3. The highest BCUT2D eigenvalue weighted by Crippen LogP contribution is 2.33. The number of carbonyl (C=O) groups is 2. The topological polar surface area (TPSA) is 60.9 Å². The number of benzene rings is 1. The lowest BCUT2D eigenvalue weighted by Gasteiger charge is -2.38. The number of hydrogen-bond donors (Lipinski definition) is 1. The van der Waals surface area contributed by atoms with Crippen LogP contribution in [0.25, 0.3) is 0 Å². The van der Waals surface area contributed by atoms with Crippen LogP contribution in [-0.2, 0) is 9.59 Å². The van der Waals surface area contributed by atoms with Crippen molar-refractivity contribution >= 4 is 23.3 Å². The highest BCUT2D eigenvalue weighted by molar-refractivity contribution is 6.02. The van der Waals surface area contributed by atoms with Gasteiger partial charge in [-0.2, -0.15) is 0 Å². The number of likely N-dealkylation sites (N-methyl/N-ethyl adjacent to an activating group) is 1. The number of para-hydroxylation sites is 2. The Morgan fingerprint density at radius 2 is 2.00 bits per heavy atom. The minimum absolute atomic E-state index is 0.0192. The maximum Gasteiger partial charge on any atom is 0.305 e. The zero-order chi connectivity index (χ0) is 13.3. The van der Waals surface area contributed by atoms with Gasteiger partial charge < -0.3 is 14.9 Å². The molecule has 0 radical (unpaired) electrons. The molecule has 2 rings (SSSR count). The first-order valence-electron chi connectivity index (χ1n) is 5.84. The average molecular weight is 248 g/mol. The molecule has 1 aliphatic heterocycles. The predicted molar refractivity (Wildman–Crippen MR) is 68.9 cm³/mol. The number of carboxylic acid groups (broad SMARTS) is 1. The van der Waals surface area contributed by atoms with E-state index in [2.05, 4.69) is 0 Å². The Labute approximate surface area is 106 Å². The van der Waals surface area contributed by atoms with Gasteiger partial charge in [-0.05, 0) is 19.1 Å². The minimum atomic E-state index is -0.855. The lowest BCUT2D eigenvalue weighted by Crippen LogP contribution is -2.48. The van der Waals surface area contributed by atoms with Crippen LogP contribution in [-0.4, -0.2) is 36.6 Å². The average Bonchev–Trinajstić information content (AvgIpc) is 2.33. The lowest BCUT2D eigenvalue weighted by atomic mass is 10.1. The van der Waals surface area contributed by atoms with Crippen LogP contribution in [0, 0.1) is 0 Å². The first-order chi connectivity index (χ1) is 8.50. The molecule has 1 unspecified atom stereocenters. The van der Waals surface area contributed by atoms with Crippen LogP contribution in [0.5, 0.6) is 0 Å². The SMILES string of the molecule is CC(CC(=O)O)N1CC(=O)N(C)c2ccccc21. The molecule has 0 aromatic heterocycles. The number of carbonyl (C=O) groups excluding carboxylic acids is 1. The molecule has 0 fully saturated rings. The molecule has 0 saturated carbocycles. The molecule has 5 nitrogen and oxygen atoms in total. The molecule has 1 aliphatic rings. The molecule has 0 bridgehead atoms. The van der Waals surface area contributed by atoms with E-state index in [4.69, 9.17) is 5.11 Å². The van der Waals surface area contributed by atoms with Crippen molar-refractivity contribution in [1.29, 1.82) is 0 Å². The van der Waals surface area contributed by atoms with Gasteiger partial charge in [0.1, 0.15) is 0 Å². The molecule has 1 amide bonds. The molecule has 18 heavy (non-hydrogen) atoms. The van der Waals surface area contributed by atoms with Crippen LogP contribution >= 0.6 is 0 Å². The van der Waals surface area contributed by atoms with Crippen molar-refractivity contribution < 1.29 is 14.7 Å². The third kappa shape index (κ3) is 2.16. The van der Waals surface area contributed by atoms with E-state index in [0.29, 0.717) is 0 Å². The first kappa shape index (κ1) is 12.4. The van der Waals surface area contributed by atoms with Crippen molar-refractivity contribution in [3.05, 3.63) is 24.3 Å². The zero-order valence-electron chi connectivity index (χ0n) is 10.5. The second-order valence-electron chi connectivity index (χ2n) is 4.52. The Kier molecular flexibility index (Phi) is 3.23. The fourth-order valence-electron chi connectivity index (χ4n) is 2.22. The Morgan fingerprint density at radius 3 is 2.61 bits per heavy atom. The van der Waals surface area contributed by atoms with Crippen molar-refractivity contribution in [1.82, 2.24) is 0 Å². The van der Waals surface area contributed by atoms with Gasteiger partial charge in [0.2, 0.25) is 5.91 Å².